The molecule has 0 atom stereocenters. The van der Waals surface area contributed by atoms with Crippen LogP contribution in [-0.4, -0.2) is 149 Å². The average Bonchev–Trinajstić information content (AvgIpc) is 2.94. The van der Waals surface area contributed by atoms with Gasteiger partial charge in [0.25, 0.3) is 0 Å². The molecule has 1 fully saturated rings. The van der Waals surface area contributed by atoms with Gasteiger partial charge >= 0.3 is 23.9 Å². The summed E-state index contributed by atoms with van der Waals surface area (Å²) >= 11 is 0. The Labute approximate surface area is 225 Å². The number of hydrogen-bond donors (Lipinski definition) is 1. The summed E-state index contributed by atoms with van der Waals surface area (Å²) in [7, 11) is 4.10. The predicted octanol–water partition coefficient (Wildman–Crippen LogP) is 0.0838. The zero-order valence-corrected chi connectivity index (χ0v) is 23.2. The van der Waals surface area contributed by atoms with Crippen LogP contribution >= 0.6 is 0 Å². The number of nitrogens with zero attached hydrogens (tertiary/aromatic N) is 4. The Morgan fingerprint density at radius 2 is 0.895 bits per heavy atom. The smallest absolute Gasteiger partial charge is 0.343 e. The van der Waals surface area contributed by atoms with Gasteiger partial charge < -0.3 is 38.7 Å². The van der Waals surface area contributed by atoms with Gasteiger partial charge in [-0.15, -0.1) is 0 Å². The summed E-state index contributed by atoms with van der Waals surface area (Å²) in [6.45, 7) is 9.24. The summed E-state index contributed by atoms with van der Waals surface area (Å²) in [5.41, 5.74) is 0. The normalized spacial score (nSPS) is 14.5. The molecular formula is C25H46N4O9. The molecule has 38 heavy (non-hydrogen) atoms. The Morgan fingerprint density at radius 3 is 1.18 bits per heavy atom. The SMILES string of the molecule is COC(=O)CCN(CCCN1CCN(CCCN(CCC(=O)OC)CCC(=O)OO)CC1)CCC(=O)OC. The van der Waals surface area contributed by atoms with E-state index in [9.17, 15) is 19.2 Å². The first-order valence-corrected chi connectivity index (χ1v) is 13.2. The molecular weight excluding hydrogens is 500 g/mol. The molecule has 220 valence electrons. The second-order valence-corrected chi connectivity index (χ2v) is 9.27. The highest BCUT2D eigenvalue weighted by Gasteiger charge is 2.18. The van der Waals surface area contributed by atoms with Crippen molar-refractivity contribution in [3.8, 4) is 0 Å². The van der Waals surface area contributed by atoms with Gasteiger partial charge in [0.2, 0.25) is 0 Å². The largest absolute Gasteiger partial charge is 0.469 e. The zero-order valence-electron chi connectivity index (χ0n) is 23.2. The van der Waals surface area contributed by atoms with E-state index in [1.165, 1.54) is 21.3 Å². The van der Waals surface area contributed by atoms with E-state index in [-0.39, 0.29) is 30.7 Å². The summed E-state index contributed by atoms with van der Waals surface area (Å²) < 4.78 is 14.2. The molecule has 1 rings (SSSR count). The van der Waals surface area contributed by atoms with Crippen LogP contribution < -0.4 is 0 Å². The lowest BCUT2D eigenvalue weighted by molar-refractivity contribution is -0.234. The van der Waals surface area contributed by atoms with Gasteiger partial charge in [0, 0.05) is 52.4 Å². The number of carbonyl (C=O) groups is 4. The van der Waals surface area contributed by atoms with E-state index in [2.05, 4.69) is 19.6 Å². The van der Waals surface area contributed by atoms with Gasteiger partial charge in [-0.05, 0) is 39.0 Å². The molecule has 0 radical (unpaired) electrons. The van der Waals surface area contributed by atoms with Crippen molar-refractivity contribution in [3.05, 3.63) is 0 Å². The van der Waals surface area contributed by atoms with E-state index < -0.39 is 5.97 Å². The van der Waals surface area contributed by atoms with Crippen molar-refractivity contribution in [3.63, 3.8) is 0 Å². The number of hydrogen-bond acceptors (Lipinski definition) is 13. The summed E-state index contributed by atoms with van der Waals surface area (Å²) in [4.78, 5) is 58.5. The highest BCUT2D eigenvalue weighted by Crippen LogP contribution is 2.07. The fourth-order valence-corrected chi connectivity index (χ4v) is 4.29. The molecule has 13 heteroatoms. The maximum Gasteiger partial charge on any atom is 0.343 e. The van der Waals surface area contributed by atoms with Crippen molar-refractivity contribution < 1.29 is 43.5 Å². The lowest BCUT2D eigenvalue weighted by atomic mass is 10.2. The van der Waals surface area contributed by atoms with Crippen molar-refractivity contribution in [2.45, 2.75) is 38.5 Å². The van der Waals surface area contributed by atoms with Crippen molar-refractivity contribution in [2.24, 2.45) is 0 Å². The first-order valence-electron chi connectivity index (χ1n) is 13.2. The number of ether oxygens (including phenoxy) is 3. The van der Waals surface area contributed by atoms with Gasteiger partial charge in [-0.25, -0.2) is 4.79 Å². The number of piperazine rings is 1. The third-order valence-electron chi connectivity index (χ3n) is 6.68. The molecule has 1 aliphatic rings. The highest BCUT2D eigenvalue weighted by molar-refractivity contribution is 5.70. The third kappa shape index (κ3) is 15.8. The molecule has 0 amide bonds. The molecule has 0 aromatic rings. The quantitative estimate of drug-likeness (QED) is 0.0956. The standard InChI is InChI=1S/C25H46N4O9/c1-35-22(30)6-14-26(15-7-23(31)36-2)10-4-12-28-18-20-29(21-19-28)13-5-11-27(16-8-24(32)37-3)17-9-25(33)38-34/h34H,4-21H2,1-3H3. The zero-order chi connectivity index (χ0) is 28.2. The maximum absolute atomic E-state index is 11.5. The van der Waals surface area contributed by atoms with Gasteiger partial charge in [0.05, 0.1) is 47.0 Å². The minimum absolute atomic E-state index is 0.0547. The van der Waals surface area contributed by atoms with Crippen LogP contribution in [0.15, 0.2) is 0 Å². The van der Waals surface area contributed by atoms with Crippen molar-refractivity contribution in [2.75, 3.05) is 99.9 Å². The van der Waals surface area contributed by atoms with Gasteiger partial charge in [-0.1, -0.05) is 0 Å². The molecule has 0 bridgehead atoms. The fraction of sp³-hybridized carbons (Fsp3) is 0.840. The van der Waals surface area contributed by atoms with E-state index in [1.54, 1.807) is 0 Å². The lowest BCUT2D eigenvalue weighted by Crippen LogP contribution is -2.47. The summed E-state index contributed by atoms with van der Waals surface area (Å²) in [5.74, 6) is -1.52. The predicted molar refractivity (Wildman–Crippen MR) is 138 cm³/mol. The molecule has 1 aliphatic heterocycles. The molecule has 1 heterocycles. The fourth-order valence-electron chi connectivity index (χ4n) is 4.29. The van der Waals surface area contributed by atoms with Crippen molar-refractivity contribution >= 4 is 23.9 Å². The molecule has 1 saturated heterocycles. The first-order chi connectivity index (χ1) is 18.3. The van der Waals surface area contributed by atoms with Gasteiger partial charge in [-0.3, -0.25) is 14.4 Å². The van der Waals surface area contributed by atoms with E-state index in [4.69, 9.17) is 19.5 Å². The Bertz CT molecular complexity index is 604. The van der Waals surface area contributed by atoms with Gasteiger partial charge in [0.1, 0.15) is 0 Å². The van der Waals surface area contributed by atoms with Crippen LogP contribution in [-0.2, 0) is 38.3 Å². The molecule has 0 aliphatic carbocycles. The molecule has 0 aromatic carbocycles. The average molecular weight is 547 g/mol. The minimum Gasteiger partial charge on any atom is -0.469 e. The topological polar surface area (TPSA) is 138 Å². The second-order valence-electron chi connectivity index (χ2n) is 9.27. The lowest BCUT2D eigenvalue weighted by Gasteiger charge is -2.35. The van der Waals surface area contributed by atoms with Gasteiger partial charge in [0.15, 0.2) is 0 Å². The number of methoxy groups -OCH3 is 3. The van der Waals surface area contributed by atoms with Crippen LogP contribution in [0.2, 0.25) is 0 Å². The third-order valence-corrected chi connectivity index (χ3v) is 6.68. The van der Waals surface area contributed by atoms with Crippen LogP contribution in [0.1, 0.15) is 38.5 Å². The number of rotatable bonds is 20. The summed E-state index contributed by atoms with van der Waals surface area (Å²) in [5, 5.41) is 8.47. The van der Waals surface area contributed by atoms with Crippen LogP contribution in [0.25, 0.3) is 0 Å². The minimum atomic E-state index is -0.695. The summed E-state index contributed by atoms with van der Waals surface area (Å²) in [6.07, 6.45) is 2.72. The molecule has 13 nitrogen and oxygen atoms in total. The van der Waals surface area contributed by atoms with E-state index in [0.717, 1.165) is 65.2 Å². The second kappa shape index (κ2) is 20.6. The Hall–Kier alpha value is -2.32. The van der Waals surface area contributed by atoms with Crippen molar-refractivity contribution in [1.82, 2.24) is 19.6 Å². The Morgan fingerprint density at radius 1 is 0.579 bits per heavy atom. The van der Waals surface area contributed by atoms with Gasteiger partial charge in [-0.2, -0.15) is 5.26 Å². The van der Waals surface area contributed by atoms with Crippen LogP contribution in [0.4, 0.5) is 0 Å². The molecule has 0 aromatic heterocycles. The van der Waals surface area contributed by atoms with Crippen LogP contribution in [0.3, 0.4) is 0 Å². The molecule has 0 spiro atoms. The van der Waals surface area contributed by atoms with Crippen LogP contribution in [0, 0.1) is 0 Å². The molecule has 1 N–H and O–H groups in total. The van der Waals surface area contributed by atoms with E-state index in [1.807, 2.05) is 4.90 Å². The number of esters is 3. The van der Waals surface area contributed by atoms with Crippen LogP contribution in [0.5, 0.6) is 0 Å². The van der Waals surface area contributed by atoms with Crippen molar-refractivity contribution in [1.29, 1.82) is 0 Å². The molecule has 0 saturated carbocycles. The summed E-state index contributed by atoms with van der Waals surface area (Å²) in [6, 6.07) is 0. The molecule has 0 unspecified atom stereocenters. The van der Waals surface area contributed by atoms with E-state index in [0.29, 0.717) is 39.0 Å². The Balaban J connectivity index is 2.33. The monoisotopic (exact) mass is 546 g/mol. The Kier molecular flexibility index (Phi) is 18.3. The first kappa shape index (κ1) is 33.7. The van der Waals surface area contributed by atoms with E-state index >= 15 is 0 Å². The number of carbonyl (C=O) groups excluding carboxylic acids is 4. The maximum atomic E-state index is 11.5. The highest BCUT2D eigenvalue weighted by atomic mass is 17.1.